The average molecular weight is 378 g/mol. The van der Waals surface area contributed by atoms with E-state index in [1.165, 1.54) is 36.8 Å². The van der Waals surface area contributed by atoms with Gasteiger partial charge in [-0.15, -0.1) is 0 Å². The van der Waals surface area contributed by atoms with E-state index in [2.05, 4.69) is 32.4 Å². The summed E-state index contributed by atoms with van der Waals surface area (Å²) in [7, 11) is 1.96. The van der Waals surface area contributed by atoms with Crippen molar-refractivity contribution in [1.82, 2.24) is 29.8 Å². The number of rotatable bonds is 5. The Balaban J connectivity index is 1.40. The van der Waals surface area contributed by atoms with Gasteiger partial charge in [0.15, 0.2) is 5.82 Å². The van der Waals surface area contributed by atoms with Gasteiger partial charge in [-0.2, -0.15) is 10.1 Å². The molecule has 1 saturated carbocycles. The quantitative estimate of drug-likeness (QED) is 0.679. The van der Waals surface area contributed by atoms with Gasteiger partial charge in [0, 0.05) is 62.7 Å². The predicted molar refractivity (Wildman–Crippen MR) is 104 cm³/mol. The first-order valence-corrected chi connectivity index (χ1v) is 10.2. The first kappa shape index (κ1) is 17.6. The molecule has 2 atom stereocenters. The second kappa shape index (κ2) is 7.47. The molecule has 7 heteroatoms. The molecule has 3 aromatic rings. The Labute approximate surface area is 164 Å². The van der Waals surface area contributed by atoms with E-state index in [1.807, 2.05) is 36.4 Å². The normalized spacial score (nSPS) is 23.6. The molecule has 2 fully saturated rings. The highest BCUT2D eigenvalue weighted by Crippen LogP contribution is 2.40. The molecule has 28 heavy (non-hydrogen) atoms. The van der Waals surface area contributed by atoms with Gasteiger partial charge in [0.05, 0.1) is 12.1 Å². The smallest absolute Gasteiger partial charge is 0.231 e. The van der Waals surface area contributed by atoms with Crippen LogP contribution in [-0.4, -0.2) is 42.9 Å². The van der Waals surface area contributed by atoms with E-state index in [4.69, 9.17) is 9.51 Å². The molecule has 0 N–H and O–H groups in total. The first-order chi connectivity index (χ1) is 13.8. The number of nitrogens with zero attached hydrogens (tertiary/aromatic N) is 6. The molecular weight excluding hydrogens is 352 g/mol. The molecule has 4 heterocycles. The molecule has 0 radical (unpaired) electrons. The maximum absolute atomic E-state index is 5.79. The van der Waals surface area contributed by atoms with Gasteiger partial charge in [0.1, 0.15) is 0 Å². The Bertz CT molecular complexity index is 914. The van der Waals surface area contributed by atoms with Gasteiger partial charge < -0.3 is 4.52 Å². The van der Waals surface area contributed by atoms with Crippen molar-refractivity contribution in [3.05, 3.63) is 59.8 Å². The fourth-order valence-corrected chi connectivity index (χ4v) is 4.76. The summed E-state index contributed by atoms with van der Waals surface area (Å²) in [5, 5.41) is 8.65. The highest BCUT2D eigenvalue weighted by atomic mass is 16.5. The van der Waals surface area contributed by atoms with Gasteiger partial charge in [0.2, 0.25) is 5.89 Å². The lowest BCUT2D eigenvalue weighted by molar-refractivity contribution is 0.308. The fourth-order valence-electron chi connectivity index (χ4n) is 4.76. The number of likely N-dealkylation sites (tertiary alicyclic amines) is 1. The van der Waals surface area contributed by atoms with Crippen molar-refractivity contribution in [2.24, 2.45) is 7.05 Å². The Morgan fingerprint density at radius 3 is 2.75 bits per heavy atom. The molecule has 0 spiro atoms. The third-order valence-corrected chi connectivity index (χ3v) is 6.17. The van der Waals surface area contributed by atoms with Crippen LogP contribution in [0, 0.1) is 0 Å². The number of hydrogen-bond acceptors (Lipinski definition) is 6. The zero-order valence-electron chi connectivity index (χ0n) is 16.2. The van der Waals surface area contributed by atoms with E-state index < -0.39 is 0 Å². The van der Waals surface area contributed by atoms with E-state index in [-0.39, 0.29) is 5.92 Å². The molecular formula is C21H26N6O. The van der Waals surface area contributed by atoms with E-state index in [0.717, 1.165) is 31.3 Å². The Morgan fingerprint density at radius 2 is 2.00 bits per heavy atom. The first-order valence-electron chi connectivity index (χ1n) is 10.2. The number of hydrogen-bond donors (Lipinski definition) is 0. The van der Waals surface area contributed by atoms with E-state index in [9.17, 15) is 0 Å². The van der Waals surface area contributed by atoms with Crippen LogP contribution in [0.15, 0.2) is 41.4 Å². The molecule has 0 amide bonds. The SMILES string of the molecule is Cn1cc(CN2CC(c3cccnc3)C(c3nc(C4CCCC4)no3)C2)cn1. The fraction of sp³-hybridized carbons (Fsp3) is 0.524. The van der Waals surface area contributed by atoms with E-state index in [1.54, 1.807) is 0 Å². The predicted octanol–water partition coefficient (Wildman–Crippen LogP) is 3.24. The van der Waals surface area contributed by atoms with Gasteiger partial charge in [0.25, 0.3) is 0 Å². The minimum atomic E-state index is 0.198. The van der Waals surface area contributed by atoms with Crippen molar-refractivity contribution in [2.75, 3.05) is 13.1 Å². The van der Waals surface area contributed by atoms with Crippen molar-refractivity contribution >= 4 is 0 Å². The molecule has 2 aliphatic rings. The standard InChI is InChI=1S/C21H26N6O/c1-26-11-15(9-23-26)12-27-13-18(17-7-4-8-22-10-17)19(14-27)21-24-20(25-28-21)16-5-2-3-6-16/h4,7-11,16,18-19H,2-3,5-6,12-14H2,1H3. The van der Waals surface area contributed by atoms with Crippen molar-refractivity contribution < 1.29 is 4.52 Å². The van der Waals surface area contributed by atoms with Gasteiger partial charge >= 0.3 is 0 Å². The molecule has 2 unspecified atom stereocenters. The third kappa shape index (κ3) is 3.46. The summed E-state index contributed by atoms with van der Waals surface area (Å²) in [5.41, 5.74) is 2.46. The molecule has 0 aromatic carbocycles. The van der Waals surface area contributed by atoms with Crippen molar-refractivity contribution in [3.8, 4) is 0 Å². The Kier molecular flexibility index (Phi) is 4.68. The highest BCUT2D eigenvalue weighted by Gasteiger charge is 2.39. The van der Waals surface area contributed by atoms with Crippen LogP contribution >= 0.6 is 0 Å². The molecule has 1 aliphatic heterocycles. The van der Waals surface area contributed by atoms with E-state index in [0.29, 0.717) is 11.8 Å². The zero-order chi connectivity index (χ0) is 18.9. The maximum atomic E-state index is 5.79. The number of pyridine rings is 1. The maximum Gasteiger partial charge on any atom is 0.231 e. The lowest BCUT2D eigenvalue weighted by atomic mass is 9.90. The lowest BCUT2D eigenvalue weighted by Crippen LogP contribution is -2.20. The van der Waals surface area contributed by atoms with Crippen LogP contribution in [0.25, 0.3) is 0 Å². The number of aryl methyl sites for hydroxylation is 1. The summed E-state index contributed by atoms with van der Waals surface area (Å²) >= 11 is 0. The van der Waals surface area contributed by atoms with Crippen LogP contribution in [0.5, 0.6) is 0 Å². The summed E-state index contributed by atoms with van der Waals surface area (Å²) in [6.07, 6.45) is 12.7. The van der Waals surface area contributed by atoms with Crippen molar-refractivity contribution in [1.29, 1.82) is 0 Å². The van der Waals surface area contributed by atoms with Crippen molar-refractivity contribution in [2.45, 2.75) is 50.0 Å². The van der Waals surface area contributed by atoms with Crippen LogP contribution in [-0.2, 0) is 13.6 Å². The summed E-state index contributed by atoms with van der Waals surface area (Å²) < 4.78 is 7.65. The summed E-state index contributed by atoms with van der Waals surface area (Å²) in [6, 6.07) is 4.17. The molecule has 1 saturated heterocycles. The molecule has 146 valence electrons. The molecule has 0 bridgehead atoms. The minimum Gasteiger partial charge on any atom is -0.339 e. The van der Waals surface area contributed by atoms with Crippen LogP contribution in [0.1, 0.15) is 66.3 Å². The largest absolute Gasteiger partial charge is 0.339 e. The monoisotopic (exact) mass is 378 g/mol. The zero-order valence-corrected chi connectivity index (χ0v) is 16.2. The van der Waals surface area contributed by atoms with Crippen LogP contribution in [0.3, 0.4) is 0 Å². The van der Waals surface area contributed by atoms with E-state index >= 15 is 0 Å². The number of aromatic nitrogens is 5. The molecule has 1 aliphatic carbocycles. The lowest BCUT2D eigenvalue weighted by Gasteiger charge is -2.15. The van der Waals surface area contributed by atoms with Gasteiger partial charge in [-0.3, -0.25) is 14.6 Å². The van der Waals surface area contributed by atoms with Gasteiger partial charge in [-0.1, -0.05) is 24.1 Å². The summed E-state index contributed by atoms with van der Waals surface area (Å²) in [6.45, 7) is 2.73. The summed E-state index contributed by atoms with van der Waals surface area (Å²) in [5.74, 6) is 2.67. The Morgan fingerprint density at radius 1 is 1.14 bits per heavy atom. The topological polar surface area (TPSA) is 72.9 Å². The second-order valence-corrected chi connectivity index (χ2v) is 8.19. The third-order valence-electron chi connectivity index (χ3n) is 6.17. The molecule has 7 nitrogen and oxygen atoms in total. The van der Waals surface area contributed by atoms with Crippen LogP contribution in [0.2, 0.25) is 0 Å². The van der Waals surface area contributed by atoms with Crippen molar-refractivity contribution in [3.63, 3.8) is 0 Å². The van der Waals surface area contributed by atoms with Gasteiger partial charge in [-0.25, -0.2) is 0 Å². The van der Waals surface area contributed by atoms with Crippen LogP contribution < -0.4 is 0 Å². The summed E-state index contributed by atoms with van der Waals surface area (Å²) in [4.78, 5) is 11.7. The average Bonchev–Trinajstić information content (AvgIpc) is 3.49. The molecule has 3 aromatic heterocycles. The van der Waals surface area contributed by atoms with Gasteiger partial charge in [-0.05, 0) is 24.5 Å². The second-order valence-electron chi connectivity index (χ2n) is 8.19. The Hall–Kier alpha value is -2.54. The minimum absolute atomic E-state index is 0.198. The van der Waals surface area contributed by atoms with Crippen LogP contribution in [0.4, 0.5) is 0 Å². The highest BCUT2D eigenvalue weighted by molar-refractivity contribution is 5.23. The molecule has 5 rings (SSSR count).